The molecule has 0 aromatic rings. The molecule has 0 aliphatic carbocycles. The summed E-state index contributed by atoms with van der Waals surface area (Å²) in [5.74, 6) is 0. The molecule has 0 aliphatic rings. The van der Waals surface area contributed by atoms with Crippen LogP contribution in [0.4, 0.5) is 0 Å². The first-order valence-electron chi connectivity index (χ1n) is 9.36. The van der Waals surface area contributed by atoms with Crippen LogP contribution >= 0.6 is 0 Å². The molecule has 0 radical (unpaired) electrons. The van der Waals surface area contributed by atoms with Crippen LogP contribution in [0.5, 0.6) is 0 Å². The van der Waals surface area contributed by atoms with Crippen molar-refractivity contribution in [3.63, 3.8) is 0 Å². The number of hydrogen-bond acceptors (Lipinski definition) is 1. The van der Waals surface area contributed by atoms with Gasteiger partial charge >= 0.3 is 139 Å². The molecular formula is C19H41NSn. The van der Waals surface area contributed by atoms with Gasteiger partial charge in [0.15, 0.2) is 0 Å². The molecule has 0 aromatic heterocycles. The Hall–Kier alpha value is 0.469. The number of aliphatic imine (C=N–C) groups is 1. The van der Waals surface area contributed by atoms with Crippen LogP contribution in [-0.4, -0.2) is 30.1 Å². The molecule has 126 valence electrons. The van der Waals surface area contributed by atoms with Crippen LogP contribution in [0.15, 0.2) is 4.99 Å². The predicted molar refractivity (Wildman–Crippen MR) is 103 cm³/mol. The van der Waals surface area contributed by atoms with Crippen molar-refractivity contribution in [2.75, 3.05) is 0 Å². The third-order valence-corrected chi connectivity index (χ3v) is 22.2. The quantitative estimate of drug-likeness (QED) is 0.258. The topological polar surface area (TPSA) is 12.4 Å². The third-order valence-electron chi connectivity index (χ3n) is 4.74. The van der Waals surface area contributed by atoms with Gasteiger partial charge in [-0.05, 0) is 0 Å². The summed E-state index contributed by atoms with van der Waals surface area (Å²) in [5.41, 5.74) is 0.0894. The summed E-state index contributed by atoms with van der Waals surface area (Å²) >= 11 is -2.08. The average Bonchev–Trinajstić information content (AvgIpc) is 2.43. The van der Waals surface area contributed by atoms with Crippen molar-refractivity contribution in [2.24, 2.45) is 4.99 Å². The van der Waals surface area contributed by atoms with Crippen LogP contribution in [0.25, 0.3) is 0 Å². The van der Waals surface area contributed by atoms with Gasteiger partial charge in [-0.1, -0.05) is 0 Å². The first kappa shape index (κ1) is 21.5. The molecule has 1 nitrogen and oxygen atoms in total. The molecule has 0 spiro atoms. The van der Waals surface area contributed by atoms with E-state index in [2.05, 4.69) is 54.7 Å². The fraction of sp³-hybridized carbons (Fsp3) is 0.947. The zero-order chi connectivity index (χ0) is 16.4. The molecule has 0 heterocycles. The van der Waals surface area contributed by atoms with E-state index in [4.69, 9.17) is 4.99 Å². The maximum atomic E-state index is 4.87. The van der Waals surface area contributed by atoms with Crippen molar-refractivity contribution < 1.29 is 0 Å². The summed E-state index contributed by atoms with van der Waals surface area (Å²) in [6.45, 7) is 16.2. The molecule has 0 aliphatic heterocycles. The van der Waals surface area contributed by atoms with Gasteiger partial charge in [-0.25, -0.2) is 0 Å². The van der Waals surface area contributed by atoms with Gasteiger partial charge in [-0.2, -0.15) is 0 Å². The van der Waals surface area contributed by atoms with Crippen molar-refractivity contribution >= 4 is 24.6 Å². The van der Waals surface area contributed by atoms with Crippen molar-refractivity contribution in [1.29, 1.82) is 0 Å². The molecule has 1 unspecified atom stereocenters. The van der Waals surface area contributed by atoms with Crippen LogP contribution in [0, 0.1) is 0 Å². The molecule has 0 fully saturated rings. The Labute approximate surface area is 139 Å². The van der Waals surface area contributed by atoms with Gasteiger partial charge in [0.1, 0.15) is 0 Å². The molecule has 0 aromatic carbocycles. The molecular weight excluding hydrogens is 361 g/mol. The first-order valence-corrected chi connectivity index (χ1v) is 17.1. The standard InChI is InChI=1S/C7H14N.3C4H9.Sn/c1-5-6-8-7(2,3)4;3*1-3-4-2;/h5-6H,1-4H3;3*1,3-4H2,2H3;. The van der Waals surface area contributed by atoms with Gasteiger partial charge in [0, 0.05) is 0 Å². The summed E-state index contributed by atoms with van der Waals surface area (Å²) in [5, 5.41) is 0. The molecule has 0 amide bonds. The SMILES string of the molecule is CCC[CH2][Sn]([CH2]CCC)([CH2]CCC)[CH](C)C=NC(C)(C)C. The Morgan fingerprint density at radius 2 is 1.24 bits per heavy atom. The summed E-state index contributed by atoms with van der Waals surface area (Å²) in [6.07, 6.45) is 10.8. The predicted octanol–water partition coefficient (Wildman–Crippen LogP) is 7.09. The fourth-order valence-electron chi connectivity index (χ4n) is 3.14. The van der Waals surface area contributed by atoms with E-state index >= 15 is 0 Å². The second kappa shape index (κ2) is 11.1. The van der Waals surface area contributed by atoms with Gasteiger partial charge < -0.3 is 0 Å². The fourth-order valence-corrected chi connectivity index (χ4v) is 19.3. The van der Waals surface area contributed by atoms with Crippen LogP contribution in [0.1, 0.15) is 87.0 Å². The van der Waals surface area contributed by atoms with Crippen molar-refractivity contribution in [3.05, 3.63) is 0 Å². The maximum absolute atomic E-state index is 4.87. The van der Waals surface area contributed by atoms with Crippen LogP contribution < -0.4 is 0 Å². The summed E-state index contributed by atoms with van der Waals surface area (Å²) < 4.78 is 5.57. The molecule has 0 bridgehead atoms. The molecule has 2 heteroatoms. The Kier molecular flexibility index (Phi) is 11.3. The second-order valence-electron chi connectivity index (χ2n) is 7.91. The molecule has 1 atom stereocenters. The van der Waals surface area contributed by atoms with Gasteiger partial charge in [0.2, 0.25) is 0 Å². The van der Waals surface area contributed by atoms with E-state index in [0.29, 0.717) is 0 Å². The summed E-state index contributed by atoms with van der Waals surface area (Å²) in [4.78, 5) is 4.87. The summed E-state index contributed by atoms with van der Waals surface area (Å²) in [6, 6.07) is 0. The Balaban J connectivity index is 5.12. The molecule has 0 saturated carbocycles. The van der Waals surface area contributed by atoms with E-state index in [9.17, 15) is 0 Å². The van der Waals surface area contributed by atoms with E-state index in [1.165, 1.54) is 38.5 Å². The minimum absolute atomic E-state index is 0.0894. The van der Waals surface area contributed by atoms with E-state index in [1.807, 2.05) is 0 Å². The number of nitrogens with zero attached hydrogens (tertiary/aromatic N) is 1. The zero-order valence-electron chi connectivity index (χ0n) is 16.0. The minimum atomic E-state index is -2.08. The van der Waals surface area contributed by atoms with E-state index in [0.717, 1.165) is 3.93 Å². The molecule has 0 rings (SSSR count). The van der Waals surface area contributed by atoms with Crippen LogP contribution in [0.3, 0.4) is 0 Å². The molecule has 21 heavy (non-hydrogen) atoms. The van der Waals surface area contributed by atoms with Crippen LogP contribution in [0.2, 0.25) is 17.2 Å². The van der Waals surface area contributed by atoms with Crippen LogP contribution in [-0.2, 0) is 0 Å². The Bertz CT molecular complexity index is 256. The van der Waals surface area contributed by atoms with Gasteiger partial charge in [0.25, 0.3) is 0 Å². The molecule has 0 saturated heterocycles. The first-order chi connectivity index (χ1) is 9.81. The second-order valence-corrected chi connectivity index (χ2v) is 22.6. The van der Waals surface area contributed by atoms with E-state index < -0.39 is 18.4 Å². The van der Waals surface area contributed by atoms with E-state index in [1.54, 1.807) is 13.3 Å². The van der Waals surface area contributed by atoms with Crippen molar-refractivity contribution in [1.82, 2.24) is 0 Å². The monoisotopic (exact) mass is 403 g/mol. The van der Waals surface area contributed by atoms with Gasteiger partial charge in [0.05, 0.1) is 0 Å². The number of rotatable bonds is 11. The third kappa shape index (κ3) is 9.25. The van der Waals surface area contributed by atoms with Gasteiger partial charge in [-0.15, -0.1) is 0 Å². The average molecular weight is 402 g/mol. The zero-order valence-corrected chi connectivity index (χ0v) is 18.8. The van der Waals surface area contributed by atoms with Gasteiger partial charge in [-0.3, -0.25) is 0 Å². The van der Waals surface area contributed by atoms with E-state index in [-0.39, 0.29) is 5.54 Å². The Morgan fingerprint density at radius 1 is 0.857 bits per heavy atom. The van der Waals surface area contributed by atoms with Crippen molar-refractivity contribution in [3.8, 4) is 0 Å². The normalized spacial score (nSPS) is 14.8. The summed E-state index contributed by atoms with van der Waals surface area (Å²) in [7, 11) is 0. The number of hydrogen-bond donors (Lipinski definition) is 0. The Morgan fingerprint density at radius 3 is 1.52 bits per heavy atom. The molecule has 0 N–H and O–H groups in total. The van der Waals surface area contributed by atoms with Crippen molar-refractivity contribution in [2.45, 2.75) is 110 Å². The number of unbranched alkanes of at least 4 members (excludes halogenated alkanes) is 3.